The molecule has 7 heteroatoms. The number of alkyl halides is 3. The minimum Gasteiger partial charge on any atom is -0.296 e. The summed E-state index contributed by atoms with van der Waals surface area (Å²) in [5.41, 5.74) is 0. The van der Waals surface area contributed by atoms with Gasteiger partial charge in [-0.15, -0.1) is 0 Å². The van der Waals surface area contributed by atoms with E-state index in [1.807, 2.05) is 0 Å². The first-order valence-electron chi connectivity index (χ1n) is 4.09. The van der Waals surface area contributed by atoms with E-state index in [1.54, 1.807) is 0 Å². The van der Waals surface area contributed by atoms with E-state index in [9.17, 15) is 17.2 Å². The zero-order valence-electron chi connectivity index (χ0n) is 7.92. The lowest BCUT2D eigenvalue weighted by Gasteiger charge is -2.19. The Morgan fingerprint density at radius 1 is 1.36 bits per heavy atom. The lowest BCUT2D eigenvalue weighted by Crippen LogP contribution is -2.34. The minimum atomic E-state index is -3.08. The maximum atomic E-state index is 12.0. The maximum absolute atomic E-state index is 12.0. The van der Waals surface area contributed by atoms with Crippen molar-refractivity contribution in [3.8, 4) is 0 Å². The normalized spacial score (nSPS) is 12.7. The van der Waals surface area contributed by atoms with Gasteiger partial charge in [-0.05, 0) is 0 Å². The third-order valence-corrected chi connectivity index (χ3v) is 2.85. The molecule has 0 N–H and O–H groups in total. The van der Waals surface area contributed by atoms with E-state index >= 15 is 0 Å². The highest BCUT2D eigenvalue weighted by molar-refractivity contribution is 9.09. The Morgan fingerprint density at radius 3 is 2.29 bits per heavy atom. The molecule has 0 aromatic heterocycles. The number of nitrogens with zero attached hydrogens (tertiary/aromatic N) is 1. The smallest absolute Gasteiger partial charge is 0.251 e. The van der Waals surface area contributed by atoms with Gasteiger partial charge in [0.2, 0.25) is 0 Å². The van der Waals surface area contributed by atoms with E-state index in [-0.39, 0.29) is 18.8 Å². The molecule has 0 aliphatic heterocycles. The van der Waals surface area contributed by atoms with Crippen LogP contribution in [0, 0.1) is 0 Å². The molecule has 0 fully saturated rings. The molecule has 14 heavy (non-hydrogen) atoms. The monoisotopic (exact) mass is 293 g/mol. The Balaban J connectivity index is 3.96. The first-order valence-corrected chi connectivity index (χ1v) is 7.27. The van der Waals surface area contributed by atoms with Gasteiger partial charge in [0.1, 0.15) is 9.84 Å². The molecule has 0 aromatic rings. The van der Waals surface area contributed by atoms with Crippen LogP contribution in [0.3, 0.4) is 0 Å². The first kappa shape index (κ1) is 14.2. The van der Waals surface area contributed by atoms with Crippen molar-refractivity contribution in [2.45, 2.75) is 6.43 Å². The van der Waals surface area contributed by atoms with Crippen LogP contribution in [0.25, 0.3) is 0 Å². The second-order valence-corrected chi connectivity index (χ2v) is 6.06. The molecule has 0 amide bonds. The topological polar surface area (TPSA) is 37.4 Å². The molecule has 0 aliphatic carbocycles. The number of hydrogen-bond acceptors (Lipinski definition) is 3. The van der Waals surface area contributed by atoms with Crippen LogP contribution in [0.5, 0.6) is 0 Å². The minimum absolute atomic E-state index is 0.0767. The van der Waals surface area contributed by atoms with Crippen LogP contribution >= 0.6 is 15.9 Å². The van der Waals surface area contributed by atoms with Crippen molar-refractivity contribution in [2.24, 2.45) is 0 Å². The van der Waals surface area contributed by atoms with Crippen LogP contribution in [0.15, 0.2) is 0 Å². The van der Waals surface area contributed by atoms with Crippen LogP contribution in [-0.4, -0.2) is 56.7 Å². The average molecular weight is 294 g/mol. The first-order chi connectivity index (χ1) is 6.35. The highest BCUT2D eigenvalue weighted by Gasteiger charge is 2.13. The highest BCUT2D eigenvalue weighted by atomic mass is 79.9. The molecule has 0 bridgehead atoms. The second kappa shape index (κ2) is 6.68. The van der Waals surface area contributed by atoms with Gasteiger partial charge >= 0.3 is 0 Å². The van der Waals surface area contributed by atoms with Crippen molar-refractivity contribution in [3.63, 3.8) is 0 Å². The van der Waals surface area contributed by atoms with E-state index in [2.05, 4.69) is 15.9 Å². The fraction of sp³-hybridized carbons (Fsp3) is 1.00. The number of hydrogen-bond donors (Lipinski definition) is 0. The molecule has 0 atom stereocenters. The zero-order valence-corrected chi connectivity index (χ0v) is 10.3. The van der Waals surface area contributed by atoms with E-state index in [0.717, 1.165) is 6.26 Å². The molecule has 0 heterocycles. The van der Waals surface area contributed by atoms with E-state index in [4.69, 9.17) is 0 Å². The molecular formula is C7H14BrF2NO2S. The van der Waals surface area contributed by atoms with Gasteiger partial charge in [-0.25, -0.2) is 17.2 Å². The summed E-state index contributed by atoms with van der Waals surface area (Å²) < 4.78 is 45.6. The van der Waals surface area contributed by atoms with Gasteiger partial charge in [-0.1, -0.05) is 15.9 Å². The van der Waals surface area contributed by atoms with Crippen LogP contribution < -0.4 is 0 Å². The van der Waals surface area contributed by atoms with Gasteiger partial charge in [-0.2, -0.15) is 0 Å². The molecule has 0 saturated carbocycles. The van der Waals surface area contributed by atoms with E-state index in [1.165, 1.54) is 4.90 Å². The van der Waals surface area contributed by atoms with Crippen LogP contribution in [0.1, 0.15) is 0 Å². The van der Waals surface area contributed by atoms with Crippen molar-refractivity contribution < 1.29 is 17.2 Å². The van der Waals surface area contributed by atoms with E-state index < -0.39 is 16.3 Å². The molecule has 0 aliphatic rings. The Morgan fingerprint density at radius 2 is 1.93 bits per heavy atom. The summed E-state index contributed by atoms with van der Waals surface area (Å²) in [4.78, 5) is 1.43. The predicted molar refractivity (Wildman–Crippen MR) is 55.9 cm³/mol. The van der Waals surface area contributed by atoms with Crippen molar-refractivity contribution in [2.75, 3.05) is 37.0 Å². The standard InChI is InChI=1S/C7H14BrF2NO2S/c1-14(12,13)5-4-11(3-2-8)6-7(9)10/h7H,2-6H2,1H3. The SMILES string of the molecule is CS(=O)(=O)CCN(CCBr)CC(F)F. The van der Waals surface area contributed by atoms with Crippen molar-refractivity contribution >= 4 is 25.8 Å². The van der Waals surface area contributed by atoms with Gasteiger partial charge < -0.3 is 0 Å². The summed E-state index contributed by atoms with van der Waals surface area (Å²) >= 11 is 3.12. The summed E-state index contributed by atoms with van der Waals surface area (Å²) in [7, 11) is -3.08. The summed E-state index contributed by atoms with van der Waals surface area (Å²) in [6.45, 7) is 0.218. The molecule has 86 valence electrons. The highest BCUT2D eigenvalue weighted by Crippen LogP contribution is 2.00. The molecule has 0 spiro atoms. The summed E-state index contributed by atoms with van der Waals surface area (Å²) in [5, 5.41) is 0.559. The number of sulfone groups is 1. The second-order valence-electron chi connectivity index (χ2n) is 3.01. The number of rotatable bonds is 7. The van der Waals surface area contributed by atoms with Crippen molar-refractivity contribution in [3.05, 3.63) is 0 Å². The van der Waals surface area contributed by atoms with Gasteiger partial charge in [0, 0.05) is 24.7 Å². The molecule has 0 saturated heterocycles. The molecular weight excluding hydrogens is 280 g/mol. The summed E-state index contributed by atoms with van der Waals surface area (Å²) in [6, 6.07) is 0. The van der Waals surface area contributed by atoms with Crippen LogP contribution in [-0.2, 0) is 9.84 Å². The average Bonchev–Trinajstić information content (AvgIpc) is 1.98. The Bertz CT molecular complexity index is 246. The third-order valence-electron chi connectivity index (χ3n) is 1.58. The quantitative estimate of drug-likeness (QED) is 0.657. The van der Waals surface area contributed by atoms with Gasteiger partial charge in [0.25, 0.3) is 6.43 Å². The predicted octanol–water partition coefficient (Wildman–Crippen LogP) is 0.993. The Hall–Kier alpha value is 0.250. The number of halogens is 3. The summed E-state index contributed by atoms with van der Waals surface area (Å²) in [6.07, 6.45) is -1.32. The third kappa shape index (κ3) is 8.83. The van der Waals surface area contributed by atoms with Gasteiger partial charge in [-0.3, -0.25) is 4.90 Å². The summed E-state index contributed by atoms with van der Waals surface area (Å²) in [5.74, 6) is -0.0767. The molecule has 0 rings (SSSR count). The van der Waals surface area contributed by atoms with Crippen LogP contribution in [0.4, 0.5) is 8.78 Å². The lowest BCUT2D eigenvalue weighted by molar-refractivity contribution is 0.0943. The van der Waals surface area contributed by atoms with Gasteiger partial charge in [0.05, 0.1) is 12.3 Å². The molecule has 3 nitrogen and oxygen atoms in total. The largest absolute Gasteiger partial charge is 0.296 e. The maximum Gasteiger partial charge on any atom is 0.251 e. The molecule has 0 unspecified atom stereocenters. The van der Waals surface area contributed by atoms with E-state index in [0.29, 0.717) is 11.9 Å². The Kier molecular flexibility index (Phi) is 6.80. The van der Waals surface area contributed by atoms with Crippen molar-refractivity contribution in [1.29, 1.82) is 0 Å². The Labute approximate surface area is 91.5 Å². The lowest BCUT2D eigenvalue weighted by atomic mass is 10.5. The van der Waals surface area contributed by atoms with Crippen LogP contribution in [0.2, 0.25) is 0 Å². The van der Waals surface area contributed by atoms with Gasteiger partial charge in [0.15, 0.2) is 0 Å². The van der Waals surface area contributed by atoms with Crippen molar-refractivity contribution in [1.82, 2.24) is 4.90 Å². The molecule has 0 radical (unpaired) electrons. The molecule has 0 aromatic carbocycles. The fourth-order valence-electron chi connectivity index (χ4n) is 0.904. The fourth-order valence-corrected chi connectivity index (χ4v) is 2.00. The zero-order chi connectivity index (χ0) is 11.2.